The fourth-order valence-corrected chi connectivity index (χ4v) is 2.06. The number of benzene rings is 1. The molecule has 0 saturated heterocycles. The Bertz CT molecular complexity index is 632. The van der Waals surface area contributed by atoms with Gasteiger partial charge in [-0.25, -0.2) is 9.07 Å². The van der Waals surface area contributed by atoms with Crippen LogP contribution in [0.2, 0.25) is 0 Å². The fourth-order valence-electron chi connectivity index (χ4n) is 1.67. The third kappa shape index (κ3) is 3.40. The smallest absolute Gasteiger partial charge is 0.320 e. The van der Waals surface area contributed by atoms with Crippen LogP contribution in [0.3, 0.4) is 0 Å². The van der Waals surface area contributed by atoms with Gasteiger partial charge in [-0.3, -0.25) is 4.79 Å². The third-order valence-corrected chi connectivity index (χ3v) is 3.58. The minimum atomic E-state index is -1.09. The maximum Gasteiger partial charge on any atom is 0.320 e. The summed E-state index contributed by atoms with van der Waals surface area (Å²) in [5, 5.41) is 16.4. The number of rotatable bonds is 5. The van der Waals surface area contributed by atoms with Gasteiger partial charge in [-0.1, -0.05) is 17.3 Å². The van der Waals surface area contributed by atoms with Gasteiger partial charge in [-0.15, -0.1) is 5.10 Å². The van der Waals surface area contributed by atoms with Crippen LogP contribution in [0, 0.1) is 5.82 Å². The van der Waals surface area contributed by atoms with Crippen molar-refractivity contribution in [3.8, 4) is 0 Å². The van der Waals surface area contributed by atoms with Crippen LogP contribution in [0.5, 0.6) is 0 Å². The van der Waals surface area contributed by atoms with Crippen LogP contribution >= 0.6 is 15.9 Å². The lowest BCUT2D eigenvalue weighted by atomic mass is 10.2. The van der Waals surface area contributed by atoms with Gasteiger partial charge in [0.15, 0.2) is 0 Å². The lowest BCUT2D eigenvalue weighted by molar-refractivity contribution is -0.138. The Labute approximate surface area is 122 Å². The van der Waals surface area contributed by atoms with E-state index in [0.717, 1.165) is 0 Å². The van der Waals surface area contributed by atoms with Gasteiger partial charge < -0.3 is 10.8 Å². The highest BCUT2D eigenvalue weighted by Crippen LogP contribution is 2.21. The van der Waals surface area contributed by atoms with E-state index in [0.29, 0.717) is 22.3 Å². The predicted molar refractivity (Wildman–Crippen MR) is 72.5 cm³/mol. The summed E-state index contributed by atoms with van der Waals surface area (Å²) in [5.41, 5.74) is 6.61. The molecule has 1 aromatic carbocycles. The Hall–Kier alpha value is -1.80. The molecule has 8 heteroatoms. The number of aliphatic carboxylic acids is 1. The monoisotopic (exact) mass is 342 g/mol. The van der Waals surface area contributed by atoms with Gasteiger partial charge >= 0.3 is 5.97 Å². The second kappa shape index (κ2) is 6.10. The summed E-state index contributed by atoms with van der Waals surface area (Å²) >= 11 is 3.17. The molecule has 3 N–H and O–H groups in total. The van der Waals surface area contributed by atoms with Gasteiger partial charge in [0, 0.05) is 12.6 Å². The average molecular weight is 343 g/mol. The molecule has 1 atom stereocenters. The Balaban J connectivity index is 2.10. The molecule has 0 saturated carbocycles. The van der Waals surface area contributed by atoms with Crippen LogP contribution < -0.4 is 5.73 Å². The Morgan fingerprint density at radius 2 is 2.30 bits per heavy atom. The molecule has 2 aromatic rings. The molecule has 106 valence electrons. The summed E-state index contributed by atoms with van der Waals surface area (Å²) in [6, 6.07) is 3.71. The molecule has 0 fully saturated rings. The van der Waals surface area contributed by atoms with Gasteiger partial charge in [0.25, 0.3) is 0 Å². The van der Waals surface area contributed by atoms with Crippen molar-refractivity contribution in [1.29, 1.82) is 0 Å². The highest BCUT2D eigenvalue weighted by atomic mass is 79.9. The molecule has 1 unspecified atom stereocenters. The molecule has 0 radical (unpaired) electrons. The van der Waals surface area contributed by atoms with Crippen molar-refractivity contribution in [2.24, 2.45) is 5.73 Å². The fraction of sp³-hybridized carbons (Fsp3) is 0.250. The second-order valence-electron chi connectivity index (χ2n) is 4.27. The van der Waals surface area contributed by atoms with E-state index in [2.05, 4.69) is 26.2 Å². The van der Waals surface area contributed by atoms with Crippen molar-refractivity contribution in [2.45, 2.75) is 19.0 Å². The number of nitrogens with two attached hydrogens (primary N) is 1. The molecule has 1 heterocycles. The molecule has 1 aromatic heterocycles. The van der Waals surface area contributed by atoms with Crippen LogP contribution in [0.25, 0.3) is 0 Å². The molecule has 2 rings (SSSR count). The van der Waals surface area contributed by atoms with Crippen molar-refractivity contribution in [2.75, 3.05) is 0 Å². The standard InChI is InChI=1S/C12H12BrFN4O2/c13-11-7(2-1-3-9(11)14)5-18-6-8(16-17-18)4-10(15)12(19)20/h1-3,6,10H,4-5,15H2,(H,19,20). The number of hydrogen-bond donors (Lipinski definition) is 2. The zero-order valence-electron chi connectivity index (χ0n) is 10.3. The van der Waals surface area contributed by atoms with Crippen LogP contribution in [-0.2, 0) is 17.8 Å². The van der Waals surface area contributed by atoms with E-state index < -0.39 is 12.0 Å². The molecular formula is C12H12BrFN4O2. The number of hydrogen-bond acceptors (Lipinski definition) is 4. The second-order valence-corrected chi connectivity index (χ2v) is 5.06. The van der Waals surface area contributed by atoms with Crippen LogP contribution in [0.1, 0.15) is 11.3 Å². The minimum Gasteiger partial charge on any atom is -0.480 e. The Morgan fingerprint density at radius 3 is 3.00 bits per heavy atom. The summed E-state index contributed by atoms with van der Waals surface area (Å²) in [7, 11) is 0. The zero-order valence-corrected chi connectivity index (χ0v) is 11.9. The number of halogens is 2. The topological polar surface area (TPSA) is 94.0 Å². The van der Waals surface area contributed by atoms with Crippen molar-refractivity contribution in [3.05, 3.63) is 45.9 Å². The number of carboxylic acid groups (broad SMARTS) is 1. The first kappa shape index (κ1) is 14.6. The molecule has 0 aliphatic heterocycles. The number of carboxylic acids is 1. The zero-order chi connectivity index (χ0) is 14.7. The number of nitrogens with zero attached hydrogens (tertiary/aromatic N) is 3. The van der Waals surface area contributed by atoms with Crippen molar-refractivity contribution in [1.82, 2.24) is 15.0 Å². The quantitative estimate of drug-likeness (QED) is 0.850. The van der Waals surface area contributed by atoms with Gasteiger partial charge in [0.05, 0.1) is 16.7 Å². The van der Waals surface area contributed by atoms with E-state index in [1.807, 2.05) is 0 Å². The molecular weight excluding hydrogens is 331 g/mol. The van der Waals surface area contributed by atoms with Crippen LogP contribution in [-0.4, -0.2) is 32.1 Å². The molecule has 0 aliphatic carbocycles. The summed E-state index contributed by atoms with van der Waals surface area (Å²) < 4.78 is 15.3. The van der Waals surface area contributed by atoms with Crippen molar-refractivity contribution >= 4 is 21.9 Å². The average Bonchev–Trinajstić information content (AvgIpc) is 2.82. The van der Waals surface area contributed by atoms with Crippen LogP contribution in [0.15, 0.2) is 28.9 Å². The number of carbonyl (C=O) groups is 1. The van der Waals surface area contributed by atoms with Gasteiger partial charge in [0.1, 0.15) is 11.9 Å². The van der Waals surface area contributed by atoms with E-state index in [-0.39, 0.29) is 12.2 Å². The van der Waals surface area contributed by atoms with E-state index in [9.17, 15) is 9.18 Å². The Kier molecular flexibility index (Phi) is 4.46. The first-order valence-corrected chi connectivity index (χ1v) is 6.57. The normalized spacial score (nSPS) is 12.3. The van der Waals surface area contributed by atoms with Gasteiger partial charge in [-0.05, 0) is 27.6 Å². The third-order valence-electron chi connectivity index (χ3n) is 2.70. The molecule has 0 aliphatic rings. The summed E-state index contributed by atoms with van der Waals surface area (Å²) in [6.45, 7) is 0.327. The van der Waals surface area contributed by atoms with E-state index in [1.54, 1.807) is 18.3 Å². The maximum absolute atomic E-state index is 13.4. The molecule has 0 amide bonds. The lowest BCUT2D eigenvalue weighted by Crippen LogP contribution is -2.32. The maximum atomic E-state index is 13.4. The predicted octanol–water partition coefficient (Wildman–Crippen LogP) is 1.18. The SMILES string of the molecule is NC(Cc1cn(Cc2cccc(F)c2Br)nn1)C(=O)O. The Morgan fingerprint density at radius 1 is 1.55 bits per heavy atom. The highest BCUT2D eigenvalue weighted by molar-refractivity contribution is 9.10. The first-order chi connectivity index (χ1) is 9.47. The largest absolute Gasteiger partial charge is 0.480 e. The van der Waals surface area contributed by atoms with Crippen molar-refractivity contribution in [3.63, 3.8) is 0 Å². The summed E-state index contributed by atoms with van der Waals surface area (Å²) in [4.78, 5) is 10.7. The summed E-state index contributed by atoms with van der Waals surface area (Å²) in [6.07, 6.45) is 1.69. The van der Waals surface area contributed by atoms with E-state index >= 15 is 0 Å². The molecule has 20 heavy (non-hydrogen) atoms. The highest BCUT2D eigenvalue weighted by Gasteiger charge is 2.15. The van der Waals surface area contributed by atoms with E-state index in [4.69, 9.17) is 10.8 Å². The van der Waals surface area contributed by atoms with E-state index in [1.165, 1.54) is 10.7 Å². The first-order valence-electron chi connectivity index (χ1n) is 5.77. The summed E-state index contributed by atoms with van der Waals surface area (Å²) in [5.74, 6) is -1.44. The lowest BCUT2D eigenvalue weighted by Gasteiger charge is -2.04. The molecule has 0 bridgehead atoms. The number of aromatic nitrogens is 3. The van der Waals surface area contributed by atoms with Crippen molar-refractivity contribution < 1.29 is 14.3 Å². The minimum absolute atomic E-state index is 0.0969. The molecule has 0 spiro atoms. The molecule has 6 nitrogen and oxygen atoms in total. The van der Waals surface area contributed by atoms with Gasteiger partial charge in [0.2, 0.25) is 0 Å². The van der Waals surface area contributed by atoms with Crippen LogP contribution in [0.4, 0.5) is 4.39 Å². The van der Waals surface area contributed by atoms with Gasteiger partial charge in [-0.2, -0.15) is 0 Å².